The third kappa shape index (κ3) is 2.29. The lowest BCUT2D eigenvalue weighted by Crippen LogP contribution is -2.37. The molecule has 0 aliphatic carbocycles. The van der Waals surface area contributed by atoms with Crippen LogP contribution in [0.2, 0.25) is 0 Å². The Kier molecular flexibility index (Phi) is 3.43. The molecule has 108 valence electrons. The van der Waals surface area contributed by atoms with Gasteiger partial charge in [-0.05, 0) is 26.3 Å². The zero-order chi connectivity index (χ0) is 14.1. The lowest BCUT2D eigenvalue weighted by Gasteiger charge is -2.26. The highest BCUT2D eigenvalue weighted by atomic mass is 16.4. The van der Waals surface area contributed by atoms with Crippen LogP contribution < -0.4 is 10.6 Å². The van der Waals surface area contributed by atoms with Gasteiger partial charge in [0.25, 0.3) is 0 Å². The maximum Gasteiger partial charge on any atom is 0.190 e. The lowest BCUT2D eigenvalue weighted by molar-refractivity contribution is 0.254. The molecule has 0 radical (unpaired) electrons. The molecular formula is C13H20N6O. The number of likely N-dealkylation sites (N-methyl/N-ethyl adjacent to an activating group) is 1. The third-order valence-electron chi connectivity index (χ3n) is 4.48. The summed E-state index contributed by atoms with van der Waals surface area (Å²) in [5, 5.41) is 11.6. The monoisotopic (exact) mass is 276 g/mol. The maximum absolute atomic E-state index is 8.62. The fourth-order valence-electron chi connectivity index (χ4n) is 3.18. The predicted molar refractivity (Wildman–Crippen MR) is 75.9 cm³/mol. The van der Waals surface area contributed by atoms with E-state index in [-0.39, 0.29) is 5.84 Å². The molecule has 2 aliphatic rings. The fraction of sp³-hybridized carbons (Fsp3) is 0.615. The van der Waals surface area contributed by atoms with Crippen molar-refractivity contribution >= 4 is 11.7 Å². The van der Waals surface area contributed by atoms with Crippen molar-refractivity contribution < 1.29 is 5.21 Å². The Morgan fingerprint density at radius 3 is 2.80 bits per heavy atom. The van der Waals surface area contributed by atoms with Crippen LogP contribution in [0, 0.1) is 0 Å². The van der Waals surface area contributed by atoms with Crippen molar-refractivity contribution in [3.63, 3.8) is 0 Å². The molecule has 20 heavy (non-hydrogen) atoms. The molecule has 1 aromatic heterocycles. The summed E-state index contributed by atoms with van der Waals surface area (Å²) in [4.78, 5) is 13.4. The van der Waals surface area contributed by atoms with Crippen molar-refractivity contribution in [1.82, 2.24) is 14.9 Å². The molecule has 2 saturated heterocycles. The summed E-state index contributed by atoms with van der Waals surface area (Å²) in [5.74, 6) is 0.846. The maximum atomic E-state index is 8.62. The standard InChI is InChI=1S/C13H20N6O/c1-18-9-2-3-10(18)8-19(5-4-9)12-7-15-11(6-16-12)13(14)17-20/h6-7,9-10,20H,2-5,8H2,1H3,(H2,14,17). The first kappa shape index (κ1) is 13.1. The predicted octanol–water partition coefficient (Wildman–Crippen LogP) is 0.244. The zero-order valence-electron chi connectivity index (χ0n) is 11.6. The van der Waals surface area contributed by atoms with Crippen LogP contribution >= 0.6 is 0 Å². The van der Waals surface area contributed by atoms with Gasteiger partial charge in [0.05, 0.1) is 12.4 Å². The quantitative estimate of drug-likeness (QED) is 0.348. The summed E-state index contributed by atoms with van der Waals surface area (Å²) in [6.45, 7) is 1.99. The van der Waals surface area contributed by atoms with Gasteiger partial charge in [0, 0.05) is 25.2 Å². The summed E-state index contributed by atoms with van der Waals surface area (Å²) < 4.78 is 0. The molecule has 1 aromatic rings. The molecule has 0 saturated carbocycles. The van der Waals surface area contributed by atoms with E-state index < -0.39 is 0 Å². The van der Waals surface area contributed by atoms with E-state index in [4.69, 9.17) is 10.9 Å². The second-order valence-electron chi connectivity index (χ2n) is 5.53. The number of oxime groups is 1. The minimum absolute atomic E-state index is 0.0151. The van der Waals surface area contributed by atoms with Crippen LogP contribution in [0.3, 0.4) is 0 Å². The van der Waals surface area contributed by atoms with Gasteiger partial charge in [-0.2, -0.15) is 0 Å². The lowest BCUT2D eigenvalue weighted by atomic mass is 10.1. The van der Waals surface area contributed by atoms with E-state index in [2.05, 4.69) is 32.0 Å². The first-order chi connectivity index (χ1) is 9.69. The second kappa shape index (κ2) is 5.24. The van der Waals surface area contributed by atoms with Crippen LogP contribution in [0.1, 0.15) is 25.0 Å². The van der Waals surface area contributed by atoms with Crippen LogP contribution in [0.25, 0.3) is 0 Å². The summed E-state index contributed by atoms with van der Waals surface area (Å²) >= 11 is 0. The topological polar surface area (TPSA) is 90.9 Å². The van der Waals surface area contributed by atoms with Crippen LogP contribution in [-0.4, -0.2) is 58.1 Å². The summed E-state index contributed by atoms with van der Waals surface area (Å²) in [6.07, 6.45) is 6.98. The second-order valence-corrected chi connectivity index (χ2v) is 5.53. The summed E-state index contributed by atoms with van der Waals surface area (Å²) in [6, 6.07) is 1.31. The SMILES string of the molecule is CN1C2CCC1CN(c1cnc(C(N)=NO)cn1)CC2. The van der Waals surface area contributed by atoms with Gasteiger partial charge < -0.3 is 15.8 Å². The van der Waals surface area contributed by atoms with E-state index in [1.807, 2.05) is 0 Å². The van der Waals surface area contributed by atoms with Gasteiger partial charge in [0.1, 0.15) is 11.5 Å². The van der Waals surface area contributed by atoms with E-state index in [1.54, 1.807) is 12.4 Å². The first-order valence-corrected chi connectivity index (χ1v) is 6.96. The third-order valence-corrected chi connectivity index (χ3v) is 4.48. The number of anilines is 1. The minimum atomic E-state index is -0.0151. The van der Waals surface area contributed by atoms with Crippen LogP contribution in [0.4, 0.5) is 5.82 Å². The fourth-order valence-corrected chi connectivity index (χ4v) is 3.18. The average Bonchev–Trinajstić information content (AvgIpc) is 2.72. The highest BCUT2D eigenvalue weighted by Gasteiger charge is 2.34. The highest BCUT2D eigenvalue weighted by Crippen LogP contribution is 2.29. The molecule has 2 aliphatic heterocycles. The normalized spacial score (nSPS) is 27.6. The zero-order valence-corrected chi connectivity index (χ0v) is 11.6. The molecular weight excluding hydrogens is 256 g/mol. The van der Waals surface area contributed by atoms with E-state index in [0.29, 0.717) is 17.8 Å². The van der Waals surface area contributed by atoms with Crippen molar-refractivity contribution in [2.45, 2.75) is 31.3 Å². The van der Waals surface area contributed by atoms with E-state index in [0.717, 1.165) is 25.3 Å². The number of nitrogens with two attached hydrogens (primary N) is 1. The molecule has 0 amide bonds. The molecule has 7 nitrogen and oxygen atoms in total. The van der Waals surface area contributed by atoms with Gasteiger partial charge in [0.15, 0.2) is 5.84 Å². The Morgan fingerprint density at radius 1 is 1.30 bits per heavy atom. The molecule has 2 atom stereocenters. The minimum Gasteiger partial charge on any atom is -0.409 e. The molecule has 3 heterocycles. The van der Waals surface area contributed by atoms with Crippen molar-refractivity contribution in [3.8, 4) is 0 Å². The van der Waals surface area contributed by atoms with Crippen LogP contribution in [0.15, 0.2) is 17.5 Å². The molecule has 0 aromatic carbocycles. The van der Waals surface area contributed by atoms with E-state index in [1.165, 1.54) is 12.8 Å². The molecule has 2 fully saturated rings. The number of fused-ring (bicyclic) bond motifs is 2. The first-order valence-electron chi connectivity index (χ1n) is 6.96. The van der Waals surface area contributed by atoms with E-state index >= 15 is 0 Å². The Bertz CT molecular complexity index is 502. The smallest absolute Gasteiger partial charge is 0.190 e. The van der Waals surface area contributed by atoms with Gasteiger partial charge >= 0.3 is 0 Å². The van der Waals surface area contributed by atoms with Crippen LogP contribution in [0.5, 0.6) is 0 Å². The average molecular weight is 276 g/mol. The van der Waals surface area contributed by atoms with Crippen LogP contribution in [-0.2, 0) is 0 Å². The number of hydrogen-bond donors (Lipinski definition) is 2. The molecule has 3 N–H and O–H groups in total. The van der Waals surface area contributed by atoms with Crippen molar-refractivity contribution in [1.29, 1.82) is 0 Å². The molecule has 2 unspecified atom stereocenters. The number of aromatic nitrogens is 2. The Morgan fingerprint density at radius 2 is 2.10 bits per heavy atom. The van der Waals surface area contributed by atoms with E-state index in [9.17, 15) is 0 Å². The van der Waals surface area contributed by atoms with Crippen molar-refractivity contribution in [2.24, 2.45) is 10.9 Å². The Labute approximate surface area is 118 Å². The summed E-state index contributed by atoms with van der Waals surface area (Å²) in [7, 11) is 2.22. The van der Waals surface area contributed by atoms with Gasteiger partial charge in [-0.15, -0.1) is 0 Å². The number of rotatable bonds is 2. The van der Waals surface area contributed by atoms with Crippen molar-refractivity contribution in [2.75, 3.05) is 25.0 Å². The molecule has 3 rings (SSSR count). The van der Waals surface area contributed by atoms with Crippen molar-refractivity contribution in [3.05, 3.63) is 18.1 Å². The van der Waals surface area contributed by atoms with Gasteiger partial charge in [0.2, 0.25) is 0 Å². The Balaban J connectivity index is 1.76. The van der Waals surface area contributed by atoms with Gasteiger partial charge in [-0.25, -0.2) is 9.97 Å². The molecule has 0 spiro atoms. The number of hydrogen-bond acceptors (Lipinski definition) is 6. The molecule has 2 bridgehead atoms. The molecule has 7 heteroatoms. The number of nitrogens with zero attached hydrogens (tertiary/aromatic N) is 5. The highest BCUT2D eigenvalue weighted by molar-refractivity contribution is 5.94. The summed E-state index contributed by atoms with van der Waals surface area (Å²) in [5.41, 5.74) is 5.89. The van der Waals surface area contributed by atoms with Gasteiger partial charge in [-0.1, -0.05) is 5.16 Å². The van der Waals surface area contributed by atoms with Gasteiger partial charge in [-0.3, -0.25) is 4.90 Å². The largest absolute Gasteiger partial charge is 0.409 e. The number of amidine groups is 1. The Hall–Kier alpha value is -1.89.